The largest absolute Gasteiger partial charge is 0.483 e. The molecule has 0 saturated carbocycles. The fourth-order valence-electron chi connectivity index (χ4n) is 2.28. The molecule has 2 rings (SSSR count). The Bertz CT molecular complexity index is 611. The predicted molar refractivity (Wildman–Crippen MR) is 91.6 cm³/mol. The first-order chi connectivity index (χ1) is 11.9. The number of carbonyl (C=O) groups is 2. The first-order valence-electron chi connectivity index (χ1n) is 7.84. The van der Waals surface area contributed by atoms with Gasteiger partial charge in [-0.2, -0.15) is 0 Å². The fraction of sp³-hybridized carbons (Fsp3) is 0.500. The quantitative estimate of drug-likeness (QED) is 0.272. The minimum absolute atomic E-state index is 0.0776. The Morgan fingerprint density at radius 2 is 2.24 bits per heavy atom. The first kappa shape index (κ1) is 20.4. The molecule has 2 atom stereocenters. The zero-order chi connectivity index (χ0) is 18.8. The molecular formula is C16H24N4O5. The molecule has 0 amide bonds. The summed E-state index contributed by atoms with van der Waals surface area (Å²) >= 11 is 0. The zero-order valence-electron chi connectivity index (χ0n) is 14.3. The van der Waals surface area contributed by atoms with Crippen molar-refractivity contribution in [2.75, 3.05) is 6.61 Å². The van der Waals surface area contributed by atoms with Gasteiger partial charge in [-0.05, 0) is 25.0 Å². The molecule has 1 aromatic heterocycles. The molecule has 2 heterocycles. The van der Waals surface area contributed by atoms with Crippen LogP contribution in [0.4, 0.5) is 0 Å². The molecule has 1 aliphatic rings. The Labute approximate surface area is 145 Å². The third-order valence-corrected chi connectivity index (χ3v) is 3.50. The monoisotopic (exact) mass is 352 g/mol. The number of rotatable bonds is 5. The molecule has 5 N–H and O–H groups in total. The van der Waals surface area contributed by atoms with Crippen LogP contribution in [0.2, 0.25) is 0 Å². The molecule has 0 aromatic carbocycles. The van der Waals surface area contributed by atoms with Gasteiger partial charge in [-0.25, -0.2) is 4.99 Å². The number of nitrogens with two attached hydrogens (primary N) is 1. The van der Waals surface area contributed by atoms with E-state index >= 15 is 0 Å². The maximum absolute atomic E-state index is 11.5. The van der Waals surface area contributed by atoms with Crippen molar-refractivity contribution < 1.29 is 24.2 Å². The fourth-order valence-corrected chi connectivity index (χ4v) is 2.28. The van der Waals surface area contributed by atoms with Crippen LogP contribution in [-0.4, -0.2) is 47.4 Å². The molecule has 1 saturated heterocycles. The lowest BCUT2D eigenvalue weighted by Crippen LogP contribution is -2.20. The van der Waals surface area contributed by atoms with E-state index in [0.717, 1.165) is 24.9 Å². The van der Waals surface area contributed by atoms with Gasteiger partial charge >= 0.3 is 5.97 Å². The third-order valence-electron chi connectivity index (χ3n) is 3.50. The molecule has 138 valence electrons. The van der Waals surface area contributed by atoms with E-state index in [0.29, 0.717) is 5.69 Å². The van der Waals surface area contributed by atoms with E-state index in [2.05, 4.69) is 9.98 Å². The number of hydrogen-bond donors (Lipinski definition) is 4. The van der Waals surface area contributed by atoms with Crippen LogP contribution in [0, 0.1) is 11.3 Å². The Hall–Kier alpha value is -2.68. The van der Waals surface area contributed by atoms with Gasteiger partial charge in [0.15, 0.2) is 5.84 Å². The predicted octanol–water partition coefficient (Wildman–Crippen LogP) is 1.45. The smallest absolute Gasteiger partial charge is 0.308 e. The van der Waals surface area contributed by atoms with Gasteiger partial charge in [-0.15, -0.1) is 0 Å². The highest BCUT2D eigenvalue weighted by Gasteiger charge is 2.28. The van der Waals surface area contributed by atoms with Crippen LogP contribution in [0.15, 0.2) is 17.1 Å². The molecule has 25 heavy (non-hydrogen) atoms. The molecule has 0 spiro atoms. The van der Waals surface area contributed by atoms with Gasteiger partial charge in [0.05, 0.1) is 30.2 Å². The average Bonchev–Trinajstić information content (AvgIpc) is 3.22. The number of aromatic amines is 1. The Morgan fingerprint density at radius 1 is 1.56 bits per heavy atom. The van der Waals surface area contributed by atoms with Crippen LogP contribution in [0.5, 0.6) is 0 Å². The number of ether oxygens (including phenoxy) is 2. The number of carboxylic acid groups (broad SMARTS) is 1. The number of carbonyl (C=O) groups excluding carboxylic acids is 1. The van der Waals surface area contributed by atoms with Gasteiger partial charge in [0.25, 0.3) is 6.47 Å². The number of aliphatic imine (C=N–C) groups is 1. The maximum Gasteiger partial charge on any atom is 0.308 e. The lowest BCUT2D eigenvalue weighted by atomic mass is 10.1. The molecule has 9 heteroatoms. The number of hydrogen-bond acceptors (Lipinski definition) is 5. The zero-order valence-corrected chi connectivity index (χ0v) is 14.3. The van der Waals surface area contributed by atoms with Crippen molar-refractivity contribution in [2.45, 2.75) is 38.9 Å². The van der Waals surface area contributed by atoms with Gasteiger partial charge in [0.2, 0.25) is 0 Å². The van der Waals surface area contributed by atoms with E-state index in [-0.39, 0.29) is 43.0 Å². The Morgan fingerprint density at radius 3 is 2.84 bits per heavy atom. The molecule has 2 unspecified atom stereocenters. The summed E-state index contributed by atoms with van der Waals surface area (Å²) in [4.78, 5) is 26.7. The van der Waals surface area contributed by atoms with E-state index in [4.69, 9.17) is 30.5 Å². The first-order valence-corrected chi connectivity index (χ1v) is 7.84. The van der Waals surface area contributed by atoms with E-state index in [1.54, 1.807) is 19.9 Å². The van der Waals surface area contributed by atoms with Crippen LogP contribution < -0.4 is 5.73 Å². The van der Waals surface area contributed by atoms with Crippen molar-refractivity contribution in [1.29, 1.82) is 5.41 Å². The molecular weight excluding hydrogens is 328 g/mol. The van der Waals surface area contributed by atoms with E-state index in [1.165, 1.54) is 0 Å². The summed E-state index contributed by atoms with van der Waals surface area (Å²) < 4.78 is 11.1. The standard InChI is InChI=1S/C15H22N4O3.CH2O2/c1-9(2)15(20)21-7-10-3-6-13(22-10)11-4-5-12(19-11)14(17)18-8-16;2-1-3/h4-5,8-10,13,19H,3,6-7H2,1-2H3,(H3,16,17,18);1H,(H,2,3). The summed E-state index contributed by atoms with van der Waals surface area (Å²) in [6.45, 7) is 3.65. The minimum Gasteiger partial charge on any atom is -0.483 e. The van der Waals surface area contributed by atoms with E-state index < -0.39 is 0 Å². The normalized spacial score (nSPS) is 19.5. The second-order valence-electron chi connectivity index (χ2n) is 5.67. The minimum atomic E-state index is -0.250. The number of amidine groups is 1. The SMILES string of the molecule is CC(C)C(=O)OCC1CCC(c2ccc(C(=N)N=CN)[nH]2)O1.O=CO. The van der Waals surface area contributed by atoms with Crippen molar-refractivity contribution >= 4 is 24.6 Å². The number of nitrogens with one attached hydrogen (secondary N) is 2. The summed E-state index contributed by atoms with van der Waals surface area (Å²) in [7, 11) is 0. The highest BCUT2D eigenvalue weighted by Crippen LogP contribution is 2.32. The molecule has 1 fully saturated rings. The Balaban J connectivity index is 0.000000970. The summed E-state index contributed by atoms with van der Waals surface area (Å²) in [6.07, 6.45) is 2.61. The number of esters is 1. The molecule has 1 aromatic rings. The topological polar surface area (TPSA) is 151 Å². The maximum atomic E-state index is 11.5. The molecule has 0 bridgehead atoms. The van der Waals surface area contributed by atoms with Crippen LogP contribution in [0.1, 0.15) is 44.2 Å². The van der Waals surface area contributed by atoms with Crippen molar-refractivity contribution in [3.8, 4) is 0 Å². The second-order valence-corrected chi connectivity index (χ2v) is 5.67. The number of H-pyrrole nitrogens is 1. The second kappa shape index (κ2) is 10.2. The van der Waals surface area contributed by atoms with Crippen molar-refractivity contribution in [3.05, 3.63) is 23.5 Å². The van der Waals surface area contributed by atoms with Crippen molar-refractivity contribution in [1.82, 2.24) is 4.98 Å². The van der Waals surface area contributed by atoms with Gasteiger partial charge in [0.1, 0.15) is 6.61 Å². The number of aromatic nitrogens is 1. The van der Waals surface area contributed by atoms with Gasteiger partial charge in [0, 0.05) is 5.69 Å². The van der Waals surface area contributed by atoms with Crippen LogP contribution in [-0.2, 0) is 19.1 Å². The van der Waals surface area contributed by atoms with Crippen LogP contribution in [0.25, 0.3) is 0 Å². The lowest BCUT2D eigenvalue weighted by Gasteiger charge is -2.14. The van der Waals surface area contributed by atoms with E-state index in [9.17, 15) is 4.79 Å². The molecule has 1 aliphatic heterocycles. The summed E-state index contributed by atoms with van der Waals surface area (Å²) in [6, 6.07) is 3.66. The third kappa shape index (κ3) is 6.38. The van der Waals surface area contributed by atoms with E-state index in [1.807, 2.05) is 6.07 Å². The van der Waals surface area contributed by atoms with Crippen LogP contribution >= 0.6 is 0 Å². The van der Waals surface area contributed by atoms with Crippen molar-refractivity contribution in [2.24, 2.45) is 16.6 Å². The summed E-state index contributed by atoms with van der Waals surface area (Å²) in [5, 5.41) is 14.6. The average molecular weight is 352 g/mol. The highest BCUT2D eigenvalue weighted by molar-refractivity contribution is 5.99. The van der Waals surface area contributed by atoms with Gasteiger partial charge in [-0.1, -0.05) is 13.8 Å². The van der Waals surface area contributed by atoms with Crippen LogP contribution in [0.3, 0.4) is 0 Å². The summed E-state index contributed by atoms with van der Waals surface area (Å²) in [5.41, 5.74) is 6.67. The summed E-state index contributed by atoms with van der Waals surface area (Å²) in [5.74, 6) is -0.256. The van der Waals surface area contributed by atoms with Gasteiger partial charge < -0.3 is 25.3 Å². The molecule has 0 radical (unpaired) electrons. The Kier molecular flexibility index (Phi) is 8.34. The number of nitrogens with zero attached hydrogens (tertiary/aromatic N) is 1. The molecule has 0 aliphatic carbocycles. The van der Waals surface area contributed by atoms with Gasteiger partial charge in [-0.3, -0.25) is 15.0 Å². The lowest BCUT2D eigenvalue weighted by molar-refractivity contribution is -0.151. The highest BCUT2D eigenvalue weighted by atomic mass is 16.6. The van der Waals surface area contributed by atoms with Crippen molar-refractivity contribution in [3.63, 3.8) is 0 Å². The molecule has 9 nitrogen and oxygen atoms in total.